The highest BCUT2D eigenvalue weighted by Gasteiger charge is 2.16. The zero-order chi connectivity index (χ0) is 21.8. The molecule has 0 aliphatic carbocycles. The van der Waals surface area contributed by atoms with Gasteiger partial charge in [-0.15, -0.1) is 0 Å². The highest BCUT2D eigenvalue weighted by molar-refractivity contribution is 6.06. The molecule has 0 amide bonds. The lowest BCUT2D eigenvalue weighted by Crippen LogP contribution is -2.36. The second-order valence-corrected chi connectivity index (χ2v) is 6.97. The van der Waals surface area contributed by atoms with Crippen LogP contribution in [0.4, 0.5) is 15.8 Å². The maximum Gasteiger partial charge on any atom is 0.269 e. The molecule has 158 valence electrons. The Labute approximate surface area is 177 Å². The number of benzene rings is 2. The molecule has 31 heavy (non-hydrogen) atoms. The minimum Gasteiger partial charge on any atom is -0.457 e. The van der Waals surface area contributed by atoms with E-state index < -0.39 is 10.7 Å². The molecule has 1 aliphatic heterocycles. The molecule has 3 aromatic rings. The van der Waals surface area contributed by atoms with Crippen molar-refractivity contribution in [2.75, 3.05) is 31.2 Å². The summed E-state index contributed by atoms with van der Waals surface area (Å²) in [6, 6.07) is 13.8. The summed E-state index contributed by atoms with van der Waals surface area (Å²) in [6.07, 6.45) is 2.83. The summed E-state index contributed by atoms with van der Waals surface area (Å²) in [5, 5.41) is 10.7. The van der Waals surface area contributed by atoms with E-state index in [0.29, 0.717) is 49.1 Å². The smallest absolute Gasteiger partial charge is 0.269 e. The number of carbonyl (C=O) groups excluding carboxylic acids is 1. The van der Waals surface area contributed by atoms with E-state index in [9.17, 15) is 19.3 Å². The Morgan fingerprint density at radius 1 is 1.06 bits per heavy atom. The van der Waals surface area contributed by atoms with Gasteiger partial charge in [-0.2, -0.15) is 0 Å². The lowest BCUT2D eigenvalue weighted by Gasteiger charge is -2.29. The van der Waals surface area contributed by atoms with Gasteiger partial charge >= 0.3 is 0 Å². The minimum absolute atomic E-state index is 0.00658. The summed E-state index contributed by atoms with van der Waals surface area (Å²) in [7, 11) is 0. The molecular weight excluding hydrogens is 403 g/mol. The number of nitrogens with zero attached hydrogens (tertiary/aromatic N) is 2. The van der Waals surface area contributed by atoms with Gasteiger partial charge in [0, 0.05) is 36.3 Å². The van der Waals surface area contributed by atoms with Crippen molar-refractivity contribution >= 4 is 23.2 Å². The number of anilines is 1. The van der Waals surface area contributed by atoms with Gasteiger partial charge in [0.15, 0.2) is 5.78 Å². The van der Waals surface area contributed by atoms with Crippen molar-refractivity contribution in [1.82, 2.24) is 0 Å². The first-order valence-corrected chi connectivity index (χ1v) is 9.70. The first-order chi connectivity index (χ1) is 15.0. The molecule has 1 aliphatic rings. The second-order valence-electron chi connectivity index (χ2n) is 6.97. The van der Waals surface area contributed by atoms with Crippen molar-refractivity contribution in [3.8, 4) is 11.3 Å². The molecule has 1 fully saturated rings. The maximum absolute atomic E-state index is 14.5. The van der Waals surface area contributed by atoms with E-state index >= 15 is 0 Å². The molecule has 0 N–H and O–H groups in total. The summed E-state index contributed by atoms with van der Waals surface area (Å²) in [5.74, 6) is 0.162. The van der Waals surface area contributed by atoms with Crippen molar-refractivity contribution < 1.29 is 23.3 Å². The van der Waals surface area contributed by atoms with Crippen molar-refractivity contribution in [3.63, 3.8) is 0 Å². The highest BCUT2D eigenvalue weighted by atomic mass is 19.1. The van der Waals surface area contributed by atoms with Crippen LogP contribution in [0.2, 0.25) is 0 Å². The Hall–Kier alpha value is -3.78. The molecule has 0 atom stereocenters. The lowest BCUT2D eigenvalue weighted by atomic mass is 10.1. The lowest BCUT2D eigenvalue weighted by molar-refractivity contribution is -0.384. The van der Waals surface area contributed by atoms with Crippen molar-refractivity contribution in [2.45, 2.75) is 0 Å². The van der Waals surface area contributed by atoms with Gasteiger partial charge in [-0.3, -0.25) is 14.9 Å². The van der Waals surface area contributed by atoms with Crippen molar-refractivity contribution in [3.05, 3.63) is 87.9 Å². The van der Waals surface area contributed by atoms with Gasteiger partial charge in [0.25, 0.3) is 5.69 Å². The monoisotopic (exact) mass is 422 g/mol. The number of halogens is 1. The van der Waals surface area contributed by atoms with Crippen molar-refractivity contribution in [2.24, 2.45) is 0 Å². The normalized spacial score (nSPS) is 14.2. The van der Waals surface area contributed by atoms with Crippen LogP contribution in [-0.4, -0.2) is 37.0 Å². The molecule has 0 bridgehead atoms. The number of hydrogen-bond acceptors (Lipinski definition) is 6. The van der Waals surface area contributed by atoms with Gasteiger partial charge < -0.3 is 14.1 Å². The Kier molecular flexibility index (Phi) is 5.90. The number of non-ortho nitro benzene ring substituents is 1. The number of rotatable bonds is 6. The van der Waals surface area contributed by atoms with Crippen LogP contribution in [0.5, 0.6) is 0 Å². The molecule has 7 nitrogen and oxygen atoms in total. The number of carbonyl (C=O) groups is 1. The summed E-state index contributed by atoms with van der Waals surface area (Å²) < 4.78 is 25.5. The number of nitro groups is 1. The van der Waals surface area contributed by atoms with Crippen LogP contribution in [0.3, 0.4) is 0 Å². The molecule has 8 heteroatoms. The first kappa shape index (κ1) is 20.5. The first-order valence-electron chi connectivity index (χ1n) is 9.70. The van der Waals surface area contributed by atoms with Crippen LogP contribution in [-0.2, 0) is 4.74 Å². The maximum atomic E-state index is 14.5. The van der Waals surface area contributed by atoms with Gasteiger partial charge in [-0.1, -0.05) is 0 Å². The molecule has 1 aromatic heterocycles. The Balaban J connectivity index is 1.44. The van der Waals surface area contributed by atoms with Crippen LogP contribution in [0.25, 0.3) is 17.4 Å². The second kappa shape index (κ2) is 8.93. The Morgan fingerprint density at radius 2 is 1.81 bits per heavy atom. The average molecular weight is 422 g/mol. The van der Waals surface area contributed by atoms with E-state index in [2.05, 4.69) is 0 Å². The largest absolute Gasteiger partial charge is 0.457 e. The molecule has 1 saturated heterocycles. The zero-order valence-corrected chi connectivity index (χ0v) is 16.5. The predicted octanol–water partition coefficient (Wildman–Crippen LogP) is 4.73. The fourth-order valence-electron chi connectivity index (χ4n) is 3.32. The molecule has 0 saturated carbocycles. The number of furan rings is 1. The third-order valence-corrected chi connectivity index (χ3v) is 4.97. The number of hydrogen-bond donors (Lipinski definition) is 0. The summed E-state index contributed by atoms with van der Waals surface area (Å²) in [4.78, 5) is 24.6. The average Bonchev–Trinajstić information content (AvgIpc) is 3.27. The number of allylic oxidation sites excluding steroid dienone is 1. The molecule has 0 unspecified atom stereocenters. The Bertz CT molecular complexity index is 1130. The van der Waals surface area contributed by atoms with Gasteiger partial charge in [0.2, 0.25) is 0 Å². The van der Waals surface area contributed by atoms with Crippen LogP contribution in [0.15, 0.2) is 65.1 Å². The van der Waals surface area contributed by atoms with E-state index in [1.54, 1.807) is 36.4 Å². The molecule has 4 rings (SSSR count). The standard InChI is InChI=1S/C23H19FN2O5/c24-20-15-17(3-8-21(20)25-11-13-30-14-12-25)22(27)9-6-19-7-10-23(31-19)16-1-4-18(5-2-16)26(28)29/h1-10,15H,11-14H2. The molecular formula is C23H19FN2O5. The fourth-order valence-corrected chi connectivity index (χ4v) is 3.32. The summed E-state index contributed by atoms with van der Waals surface area (Å²) in [5.41, 5.74) is 1.38. The fraction of sp³-hybridized carbons (Fsp3) is 0.174. The molecule has 2 aromatic carbocycles. The van der Waals surface area contributed by atoms with Gasteiger partial charge in [0.05, 0.1) is 23.8 Å². The number of ketones is 1. The van der Waals surface area contributed by atoms with Crippen molar-refractivity contribution in [1.29, 1.82) is 0 Å². The quantitative estimate of drug-likeness (QED) is 0.247. The van der Waals surface area contributed by atoms with E-state index in [-0.39, 0.29) is 17.0 Å². The van der Waals surface area contributed by atoms with E-state index in [0.717, 1.165) is 0 Å². The zero-order valence-electron chi connectivity index (χ0n) is 16.5. The topological polar surface area (TPSA) is 85.8 Å². The SMILES string of the molecule is O=C(C=Cc1ccc(-c2ccc([N+](=O)[O-])cc2)o1)c1ccc(N2CCOCC2)c(F)c1. The third-order valence-electron chi connectivity index (χ3n) is 4.97. The minimum atomic E-state index is -0.470. The van der Waals surface area contributed by atoms with Gasteiger partial charge in [-0.05, 0) is 54.6 Å². The van der Waals surface area contributed by atoms with Gasteiger partial charge in [-0.25, -0.2) is 4.39 Å². The van der Waals surface area contributed by atoms with Gasteiger partial charge in [0.1, 0.15) is 17.3 Å². The number of nitro benzene ring substituents is 1. The van der Waals surface area contributed by atoms with Crippen LogP contribution in [0, 0.1) is 15.9 Å². The van der Waals surface area contributed by atoms with Crippen LogP contribution >= 0.6 is 0 Å². The van der Waals surface area contributed by atoms with E-state index in [1.807, 2.05) is 4.90 Å². The predicted molar refractivity (Wildman–Crippen MR) is 114 cm³/mol. The molecule has 0 spiro atoms. The molecule has 2 heterocycles. The van der Waals surface area contributed by atoms with E-state index in [4.69, 9.17) is 9.15 Å². The summed E-state index contributed by atoms with van der Waals surface area (Å²) in [6.45, 7) is 2.32. The van der Waals surface area contributed by atoms with E-state index in [1.165, 1.54) is 30.4 Å². The highest BCUT2D eigenvalue weighted by Crippen LogP contribution is 2.25. The number of morpholine rings is 1. The van der Waals surface area contributed by atoms with Crippen LogP contribution in [0.1, 0.15) is 16.1 Å². The Morgan fingerprint density at radius 3 is 2.48 bits per heavy atom. The third kappa shape index (κ3) is 4.70. The van der Waals surface area contributed by atoms with Crippen LogP contribution < -0.4 is 4.90 Å². The summed E-state index contributed by atoms with van der Waals surface area (Å²) >= 11 is 0. The number of ether oxygens (including phenoxy) is 1. The molecule has 0 radical (unpaired) electrons.